The molecule has 16 heteroatoms. The van der Waals surface area contributed by atoms with E-state index < -0.39 is 43.1 Å². The molecular weight excluding hydrogens is 479 g/mol. The minimum atomic E-state index is -3.97. The maximum atomic E-state index is 11.0. The molecule has 0 amide bonds. The van der Waals surface area contributed by atoms with Crippen molar-refractivity contribution in [2.45, 2.75) is 34.9 Å². The van der Waals surface area contributed by atoms with Crippen molar-refractivity contribution in [3.63, 3.8) is 0 Å². The number of aromatic nitrogens is 2. The van der Waals surface area contributed by atoms with Gasteiger partial charge in [-0.3, -0.25) is 15.0 Å². The topological polar surface area (TPSA) is 188 Å². The molecule has 33 heavy (non-hydrogen) atoms. The highest BCUT2D eigenvalue weighted by Gasteiger charge is 2.62. The summed E-state index contributed by atoms with van der Waals surface area (Å²) in [6, 6.07) is 6.10. The molecule has 0 saturated carbocycles. The fourth-order valence-corrected chi connectivity index (χ4v) is 5.98. The van der Waals surface area contributed by atoms with E-state index in [-0.39, 0.29) is 18.1 Å². The highest BCUT2D eigenvalue weighted by Crippen LogP contribution is 2.59. The zero-order valence-electron chi connectivity index (χ0n) is 17.0. The van der Waals surface area contributed by atoms with Crippen LogP contribution >= 0.6 is 19.9 Å². The summed E-state index contributed by atoms with van der Waals surface area (Å²) in [6.07, 6.45) is -1.55. The molecule has 4 heterocycles. The van der Waals surface area contributed by atoms with Crippen LogP contribution in [0.25, 0.3) is 0 Å². The molecule has 5 rings (SSSR count). The third kappa shape index (κ3) is 4.06. The Bertz CT molecular complexity index is 1060. The number of ether oxygens (including phenoxy) is 2. The van der Waals surface area contributed by atoms with Gasteiger partial charge in [-0.15, -0.1) is 4.52 Å². The molecule has 14 nitrogen and oxygen atoms in total. The molecule has 0 bridgehead atoms. The molecule has 0 aliphatic carbocycles. The van der Waals surface area contributed by atoms with Crippen LogP contribution in [-0.4, -0.2) is 68.4 Å². The minimum Gasteiger partial charge on any atom is -0.382 e. The number of nitrogens with zero attached hydrogens (tertiary/aromatic N) is 4. The Morgan fingerprint density at radius 3 is 2.82 bits per heavy atom. The number of hydrogen-bond donors (Lipinski definition) is 4. The first-order valence-electron chi connectivity index (χ1n) is 9.69. The zero-order chi connectivity index (χ0) is 23.3. The Hall–Kier alpha value is -2.36. The van der Waals surface area contributed by atoms with Crippen molar-refractivity contribution >= 4 is 42.9 Å². The van der Waals surface area contributed by atoms with Gasteiger partial charge in [0.15, 0.2) is 29.5 Å². The molecule has 3 aliphatic heterocycles. The van der Waals surface area contributed by atoms with E-state index in [1.807, 2.05) is 0 Å². The third-order valence-electron chi connectivity index (χ3n) is 5.41. The van der Waals surface area contributed by atoms with E-state index >= 15 is 0 Å². The molecule has 2 fully saturated rings. The SMILES string of the molecule is COC1C(N2c3ncnc(N)c3NC2Sc2ccc([N+](=O)[O-])cc2)OC2CO[P+](O)(O)O[C@H]21. The van der Waals surface area contributed by atoms with Crippen molar-refractivity contribution in [1.29, 1.82) is 0 Å². The van der Waals surface area contributed by atoms with E-state index in [1.54, 1.807) is 17.0 Å². The quantitative estimate of drug-likeness (QED) is 0.260. The molecule has 5 atom stereocenters. The largest absolute Gasteiger partial charge is 0.570 e. The lowest BCUT2D eigenvalue weighted by Crippen LogP contribution is -2.49. The number of anilines is 3. The molecule has 5 N–H and O–H groups in total. The number of methoxy groups -OCH3 is 1. The first-order chi connectivity index (χ1) is 15.8. The summed E-state index contributed by atoms with van der Waals surface area (Å²) in [7, 11) is -2.51. The molecule has 3 aliphatic rings. The zero-order valence-corrected chi connectivity index (χ0v) is 18.8. The van der Waals surface area contributed by atoms with E-state index in [9.17, 15) is 19.9 Å². The van der Waals surface area contributed by atoms with Gasteiger partial charge in [-0.1, -0.05) is 11.8 Å². The summed E-state index contributed by atoms with van der Waals surface area (Å²) in [5.74, 6) is 0.694. The lowest BCUT2D eigenvalue weighted by molar-refractivity contribution is -0.384. The van der Waals surface area contributed by atoms with Gasteiger partial charge in [0, 0.05) is 24.1 Å². The van der Waals surface area contributed by atoms with Crippen LogP contribution in [0.4, 0.5) is 23.0 Å². The van der Waals surface area contributed by atoms with E-state index in [0.29, 0.717) is 11.5 Å². The first kappa shape index (κ1) is 22.4. The van der Waals surface area contributed by atoms with Gasteiger partial charge in [0.05, 0.1) is 4.92 Å². The van der Waals surface area contributed by atoms with E-state index in [2.05, 4.69) is 15.3 Å². The van der Waals surface area contributed by atoms with Gasteiger partial charge in [0.2, 0.25) is 0 Å². The second-order valence-electron chi connectivity index (χ2n) is 7.35. The van der Waals surface area contributed by atoms with E-state index in [1.165, 1.54) is 37.3 Å². The van der Waals surface area contributed by atoms with Crippen LogP contribution in [0.2, 0.25) is 0 Å². The lowest BCUT2D eigenvalue weighted by Gasteiger charge is -2.33. The van der Waals surface area contributed by atoms with E-state index in [4.69, 9.17) is 24.3 Å². The monoisotopic (exact) mass is 499 g/mol. The van der Waals surface area contributed by atoms with Gasteiger partial charge >= 0.3 is 8.17 Å². The molecule has 1 aromatic carbocycles. The Morgan fingerprint density at radius 2 is 2.12 bits per heavy atom. The predicted octanol–water partition coefficient (Wildman–Crippen LogP) is 1.09. The number of hydrogen-bond acceptors (Lipinski definition) is 14. The van der Waals surface area contributed by atoms with Crippen molar-refractivity contribution in [3.8, 4) is 0 Å². The van der Waals surface area contributed by atoms with Gasteiger partial charge in [-0.05, 0) is 12.1 Å². The summed E-state index contributed by atoms with van der Waals surface area (Å²) in [4.78, 5) is 41.2. The van der Waals surface area contributed by atoms with Crippen LogP contribution in [0.15, 0.2) is 35.5 Å². The molecule has 4 unspecified atom stereocenters. The van der Waals surface area contributed by atoms with Crippen LogP contribution < -0.4 is 16.0 Å². The maximum Gasteiger partial charge on any atom is 0.570 e. The Labute approximate surface area is 191 Å². The number of nitrogens with two attached hydrogens (primary N) is 1. The molecule has 2 aromatic rings. The van der Waals surface area contributed by atoms with Crippen LogP contribution in [0, 0.1) is 10.1 Å². The van der Waals surface area contributed by atoms with E-state index in [0.717, 1.165) is 4.90 Å². The van der Waals surface area contributed by atoms with Crippen molar-refractivity contribution in [3.05, 3.63) is 40.7 Å². The molecule has 1 aromatic heterocycles. The lowest BCUT2D eigenvalue weighted by atomic mass is 10.1. The summed E-state index contributed by atoms with van der Waals surface area (Å²) < 4.78 is 22.2. The number of nitrogens with one attached hydrogen (secondary N) is 1. The second-order valence-corrected chi connectivity index (χ2v) is 9.96. The highest BCUT2D eigenvalue weighted by molar-refractivity contribution is 8.00. The van der Waals surface area contributed by atoms with Gasteiger partial charge in [0.1, 0.15) is 30.8 Å². The second kappa shape index (κ2) is 8.45. The number of fused-ring (bicyclic) bond motifs is 2. The Morgan fingerprint density at radius 1 is 1.36 bits per heavy atom. The average molecular weight is 499 g/mol. The minimum absolute atomic E-state index is 0.0198. The molecular formula is C17H20N6O8PS+. The summed E-state index contributed by atoms with van der Waals surface area (Å²) in [5.41, 5.74) is 6.03. The predicted molar refractivity (Wildman–Crippen MR) is 117 cm³/mol. The molecule has 0 spiro atoms. The first-order valence-corrected chi connectivity index (χ1v) is 12.1. The van der Waals surface area contributed by atoms with Crippen molar-refractivity contribution in [1.82, 2.24) is 9.97 Å². The van der Waals surface area contributed by atoms with Gasteiger partial charge in [0.25, 0.3) is 5.69 Å². The summed E-state index contributed by atoms with van der Waals surface area (Å²) in [5, 5.41) is 14.2. The fourth-order valence-electron chi connectivity index (χ4n) is 3.95. The number of nitro groups is 1. The molecule has 0 radical (unpaired) electrons. The number of non-ortho nitro benzene ring substituents is 1. The third-order valence-corrected chi connectivity index (χ3v) is 7.53. The van der Waals surface area contributed by atoms with Crippen LogP contribution in [0.1, 0.15) is 0 Å². The number of thioether (sulfide) groups is 1. The Kier molecular flexibility index (Phi) is 5.74. The molecule has 2 saturated heterocycles. The highest BCUT2D eigenvalue weighted by atomic mass is 32.2. The number of nitrogen functional groups attached to an aromatic ring is 1. The summed E-state index contributed by atoms with van der Waals surface area (Å²) in [6.45, 7) is -0.0813. The standard InChI is InChI=1S/C17H20N6O8PS/c1-28-13-12-10(6-29-32(26,27)31-12)30-16(13)22-15-11(14(18)19-7-20-15)21-17(22)33-9-4-2-8(3-5-9)23(24)25/h2-5,7,10,12-13,16-17,21,26-27H,6H2,1H3,(H2,18,19,20)/q+1/t10?,12-,13?,16?,17?/m1/s1. The normalized spacial score (nSPS) is 29.9. The Balaban J connectivity index is 1.47. The molecule has 176 valence electrons. The van der Waals surface area contributed by atoms with Crippen LogP contribution in [0.5, 0.6) is 0 Å². The van der Waals surface area contributed by atoms with Crippen LogP contribution in [-0.2, 0) is 18.5 Å². The average Bonchev–Trinajstić information content (AvgIpc) is 3.31. The number of nitro benzene ring substituents is 1. The van der Waals surface area contributed by atoms with Crippen molar-refractivity contribution in [2.75, 3.05) is 29.7 Å². The number of benzene rings is 1. The fraction of sp³-hybridized carbons (Fsp3) is 0.412. The van der Waals surface area contributed by atoms with Crippen molar-refractivity contribution < 1.29 is 33.2 Å². The van der Waals surface area contributed by atoms with Gasteiger partial charge in [-0.2, -0.15) is 14.3 Å². The number of rotatable bonds is 5. The van der Waals surface area contributed by atoms with Crippen LogP contribution in [0.3, 0.4) is 0 Å². The maximum absolute atomic E-state index is 11.0. The smallest absolute Gasteiger partial charge is 0.382 e. The summed E-state index contributed by atoms with van der Waals surface area (Å²) >= 11 is 1.35. The van der Waals surface area contributed by atoms with Gasteiger partial charge in [-0.25, -0.2) is 9.97 Å². The van der Waals surface area contributed by atoms with Gasteiger partial charge < -0.3 is 20.5 Å². The van der Waals surface area contributed by atoms with Crippen molar-refractivity contribution in [2.24, 2.45) is 0 Å².